The molecule has 1 heterocycles. The van der Waals surface area contributed by atoms with Gasteiger partial charge in [0.05, 0.1) is 0 Å². The van der Waals surface area contributed by atoms with E-state index in [1.54, 1.807) is 30.3 Å². The molecule has 0 unspecified atom stereocenters. The zero-order chi connectivity index (χ0) is 15.8. The second-order valence-corrected chi connectivity index (χ2v) is 5.30. The van der Waals surface area contributed by atoms with Crippen molar-refractivity contribution in [3.63, 3.8) is 0 Å². The Kier molecular flexibility index (Phi) is 3.01. The Labute approximate surface area is 132 Å². The van der Waals surface area contributed by atoms with Crippen LogP contribution in [0.15, 0.2) is 71.1 Å². The molecule has 4 aromatic rings. The van der Waals surface area contributed by atoms with Gasteiger partial charge in [0, 0.05) is 5.56 Å². The summed E-state index contributed by atoms with van der Waals surface area (Å²) in [6.45, 7) is 0. The average molecular weight is 303 g/mol. The minimum absolute atomic E-state index is 0.175. The molecule has 112 valence electrons. The van der Waals surface area contributed by atoms with Gasteiger partial charge < -0.3 is 14.6 Å². The maximum Gasteiger partial charge on any atom is 0.227 e. The molecule has 0 aliphatic rings. The highest BCUT2D eigenvalue weighted by molar-refractivity contribution is 5.82. The Balaban J connectivity index is 1.79. The smallest absolute Gasteiger partial charge is 0.227 e. The van der Waals surface area contributed by atoms with Crippen LogP contribution in [0.2, 0.25) is 0 Å². The van der Waals surface area contributed by atoms with Crippen LogP contribution >= 0.6 is 0 Å². The Hall–Kier alpha value is -3.27. The van der Waals surface area contributed by atoms with Crippen LogP contribution in [0.3, 0.4) is 0 Å². The van der Waals surface area contributed by atoms with Gasteiger partial charge in [-0.3, -0.25) is 0 Å². The molecule has 3 aromatic carbocycles. The van der Waals surface area contributed by atoms with Gasteiger partial charge in [0.25, 0.3) is 0 Å². The molecule has 2 N–H and O–H groups in total. The summed E-state index contributed by atoms with van der Waals surface area (Å²) in [5.41, 5.74) is 4.13. The maximum atomic E-state index is 9.57. The molecule has 1 aromatic heterocycles. The minimum Gasteiger partial charge on any atom is -0.508 e. The molecule has 0 saturated carbocycles. The van der Waals surface area contributed by atoms with Crippen molar-refractivity contribution in [1.82, 2.24) is 4.98 Å². The molecule has 0 saturated heterocycles. The van der Waals surface area contributed by atoms with Crippen molar-refractivity contribution in [2.24, 2.45) is 0 Å². The Morgan fingerprint density at radius 3 is 2.26 bits per heavy atom. The van der Waals surface area contributed by atoms with Crippen LogP contribution in [0.1, 0.15) is 0 Å². The summed E-state index contributed by atoms with van der Waals surface area (Å²) in [5, 5.41) is 19.0. The Morgan fingerprint density at radius 1 is 0.696 bits per heavy atom. The highest BCUT2D eigenvalue weighted by Crippen LogP contribution is 2.30. The van der Waals surface area contributed by atoms with Gasteiger partial charge in [-0.25, -0.2) is 4.98 Å². The highest BCUT2D eigenvalue weighted by Gasteiger charge is 2.10. The third kappa shape index (κ3) is 2.51. The second-order valence-electron chi connectivity index (χ2n) is 5.30. The lowest BCUT2D eigenvalue weighted by Crippen LogP contribution is -1.77. The molecule has 4 nitrogen and oxygen atoms in total. The Morgan fingerprint density at radius 2 is 1.48 bits per heavy atom. The SMILES string of the molecule is Oc1ccc(-c2ccc3nc(-c4cccc(O)c4)oc3c2)cc1. The number of nitrogens with zero attached hydrogens (tertiary/aromatic N) is 1. The van der Waals surface area contributed by atoms with Crippen molar-refractivity contribution < 1.29 is 14.6 Å². The molecule has 23 heavy (non-hydrogen) atoms. The fraction of sp³-hybridized carbons (Fsp3) is 0. The van der Waals surface area contributed by atoms with Crippen LogP contribution in [0.25, 0.3) is 33.7 Å². The summed E-state index contributed by atoms with van der Waals surface area (Å²) in [6, 6.07) is 19.6. The van der Waals surface area contributed by atoms with Crippen LogP contribution < -0.4 is 0 Å². The number of benzene rings is 3. The zero-order valence-corrected chi connectivity index (χ0v) is 12.1. The van der Waals surface area contributed by atoms with E-state index < -0.39 is 0 Å². The first kappa shape index (κ1) is 13.4. The largest absolute Gasteiger partial charge is 0.508 e. The normalized spacial score (nSPS) is 11.0. The monoisotopic (exact) mass is 303 g/mol. The van der Waals surface area contributed by atoms with E-state index >= 15 is 0 Å². The fourth-order valence-electron chi connectivity index (χ4n) is 2.52. The predicted molar refractivity (Wildman–Crippen MR) is 88.2 cm³/mol. The molecule has 0 fully saturated rings. The van der Waals surface area contributed by atoms with Gasteiger partial charge in [-0.1, -0.05) is 24.3 Å². The summed E-state index contributed by atoms with van der Waals surface area (Å²) >= 11 is 0. The molecule has 0 radical (unpaired) electrons. The summed E-state index contributed by atoms with van der Waals surface area (Å²) in [5.74, 6) is 0.883. The number of fused-ring (bicyclic) bond motifs is 1. The van der Waals surface area contributed by atoms with Gasteiger partial charge in [-0.05, 0) is 53.6 Å². The molecule has 0 aliphatic carbocycles. The molecule has 4 heteroatoms. The number of rotatable bonds is 2. The van der Waals surface area contributed by atoms with Crippen LogP contribution in [-0.2, 0) is 0 Å². The fourth-order valence-corrected chi connectivity index (χ4v) is 2.52. The lowest BCUT2D eigenvalue weighted by molar-refractivity contribution is 0.474. The van der Waals surface area contributed by atoms with E-state index in [2.05, 4.69) is 4.98 Å². The predicted octanol–water partition coefficient (Wildman–Crippen LogP) is 4.57. The molecule has 0 spiro atoms. The topological polar surface area (TPSA) is 66.5 Å². The van der Waals surface area contributed by atoms with Gasteiger partial charge in [0.2, 0.25) is 5.89 Å². The van der Waals surface area contributed by atoms with Crippen molar-refractivity contribution in [3.8, 4) is 34.1 Å². The number of hydrogen-bond acceptors (Lipinski definition) is 4. The van der Waals surface area contributed by atoms with E-state index in [0.717, 1.165) is 22.2 Å². The quantitative estimate of drug-likeness (QED) is 0.569. The molecular weight excluding hydrogens is 290 g/mol. The second kappa shape index (κ2) is 5.18. The third-order valence-corrected chi connectivity index (χ3v) is 3.68. The van der Waals surface area contributed by atoms with Gasteiger partial charge >= 0.3 is 0 Å². The van der Waals surface area contributed by atoms with Crippen molar-refractivity contribution >= 4 is 11.1 Å². The number of hydrogen-bond donors (Lipinski definition) is 2. The summed E-state index contributed by atoms with van der Waals surface area (Å²) in [4.78, 5) is 4.46. The van der Waals surface area contributed by atoms with Gasteiger partial charge in [0.1, 0.15) is 17.0 Å². The van der Waals surface area contributed by atoms with Crippen LogP contribution in [-0.4, -0.2) is 15.2 Å². The lowest BCUT2D eigenvalue weighted by atomic mass is 10.1. The Bertz CT molecular complexity index is 987. The minimum atomic E-state index is 0.175. The van der Waals surface area contributed by atoms with E-state index in [1.165, 1.54) is 0 Å². The summed E-state index contributed by atoms with van der Waals surface area (Å²) in [7, 11) is 0. The van der Waals surface area contributed by atoms with E-state index in [9.17, 15) is 10.2 Å². The van der Waals surface area contributed by atoms with Crippen LogP contribution in [0.4, 0.5) is 0 Å². The van der Waals surface area contributed by atoms with E-state index in [-0.39, 0.29) is 11.5 Å². The van der Waals surface area contributed by atoms with Crippen LogP contribution in [0.5, 0.6) is 11.5 Å². The van der Waals surface area contributed by atoms with Crippen molar-refractivity contribution in [2.45, 2.75) is 0 Å². The average Bonchev–Trinajstić information content (AvgIpc) is 2.99. The molecule has 4 rings (SSSR count). The lowest BCUT2D eigenvalue weighted by Gasteiger charge is -2.01. The third-order valence-electron chi connectivity index (χ3n) is 3.68. The number of aromatic nitrogens is 1. The molecule has 0 amide bonds. The van der Waals surface area contributed by atoms with Crippen molar-refractivity contribution in [2.75, 3.05) is 0 Å². The zero-order valence-electron chi connectivity index (χ0n) is 12.1. The molecular formula is C19H13NO3. The molecule has 0 atom stereocenters. The first-order chi connectivity index (χ1) is 11.2. The standard InChI is InChI=1S/C19H13NO3/c21-15-7-4-12(5-8-15)13-6-9-17-18(11-13)23-19(20-17)14-2-1-3-16(22)10-14/h1-11,21-22H. The van der Waals surface area contributed by atoms with Gasteiger partial charge in [-0.2, -0.15) is 0 Å². The number of phenolic OH excluding ortho intramolecular Hbond substituents is 2. The molecule has 0 aliphatic heterocycles. The maximum absolute atomic E-state index is 9.57. The van der Waals surface area contributed by atoms with Crippen molar-refractivity contribution in [3.05, 3.63) is 66.7 Å². The van der Waals surface area contributed by atoms with Crippen molar-refractivity contribution in [1.29, 1.82) is 0 Å². The summed E-state index contributed by atoms with van der Waals surface area (Å²) in [6.07, 6.45) is 0. The highest BCUT2D eigenvalue weighted by atomic mass is 16.3. The molecule has 0 bridgehead atoms. The number of aromatic hydroxyl groups is 2. The van der Waals surface area contributed by atoms with Gasteiger partial charge in [0.15, 0.2) is 5.58 Å². The first-order valence-electron chi connectivity index (χ1n) is 7.18. The number of phenols is 2. The summed E-state index contributed by atoms with van der Waals surface area (Å²) < 4.78 is 5.82. The van der Waals surface area contributed by atoms with Crippen LogP contribution in [0, 0.1) is 0 Å². The van der Waals surface area contributed by atoms with E-state index in [1.807, 2.05) is 36.4 Å². The van der Waals surface area contributed by atoms with E-state index in [0.29, 0.717) is 11.5 Å². The van der Waals surface area contributed by atoms with E-state index in [4.69, 9.17) is 4.42 Å². The first-order valence-corrected chi connectivity index (χ1v) is 7.18. The van der Waals surface area contributed by atoms with Gasteiger partial charge in [-0.15, -0.1) is 0 Å². The number of oxazole rings is 1.